The molecule has 1 aromatic rings. The van der Waals surface area contributed by atoms with Gasteiger partial charge in [-0.05, 0) is 24.1 Å². The molecule has 0 radical (unpaired) electrons. The van der Waals surface area contributed by atoms with E-state index in [2.05, 4.69) is 15.4 Å². The second-order valence-corrected chi connectivity index (χ2v) is 4.80. The van der Waals surface area contributed by atoms with Gasteiger partial charge in [-0.3, -0.25) is 14.4 Å². The topological polar surface area (TPSA) is 111 Å². The monoisotopic (exact) mass is 291 g/mol. The van der Waals surface area contributed by atoms with E-state index in [1.54, 1.807) is 18.2 Å². The lowest BCUT2D eigenvalue weighted by molar-refractivity contribution is -0.140. The van der Waals surface area contributed by atoms with E-state index in [1.807, 2.05) is 0 Å². The molecule has 7 nitrogen and oxygen atoms in total. The fourth-order valence-corrected chi connectivity index (χ4v) is 2.08. The minimum Gasteiger partial charge on any atom is -0.469 e. The third-order valence-electron chi connectivity index (χ3n) is 3.23. The predicted octanol–water partition coefficient (Wildman–Crippen LogP) is 0.920. The zero-order valence-electron chi connectivity index (χ0n) is 11.6. The first kappa shape index (κ1) is 15.0. The van der Waals surface area contributed by atoms with Crippen LogP contribution in [0.5, 0.6) is 0 Å². The van der Waals surface area contributed by atoms with Crippen molar-refractivity contribution in [2.75, 3.05) is 17.7 Å². The molecule has 0 fully saturated rings. The number of methoxy groups -OCH3 is 1. The van der Waals surface area contributed by atoms with E-state index in [1.165, 1.54) is 7.11 Å². The maximum atomic E-state index is 11.5. The molecule has 2 amide bonds. The van der Waals surface area contributed by atoms with Gasteiger partial charge in [-0.2, -0.15) is 0 Å². The summed E-state index contributed by atoms with van der Waals surface area (Å²) in [6, 6.07) is 4.80. The van der Waals surface area contributed by atoms with E-state index < -0.39 is 0 Å². The number of nitrogens with two attached hydrogens (primary N) is 1. The molecule has 1 atom stereocenters. The van der Waals surface area contributed by atoms with Gasteiger partial charge < -0.3 is 21.1 Å². The number of rotatable bonds is 4. The zero-order chi connectivity index (χ0) is 15.4. The van der Waals surface area contributed by atoms with Crippen molar-refractivity contribution in [2.45, 2.75) is 25.3 Å². The molecule has 0 saturated heterocycles. The van der Waals surface area contributed by atoms with E-state index in [4.69, 9.17) is 5.73 Å². The van der Waals surface area contributed by atoms with Crippen molar-refractivity contribution in [3.63, 3.8) is 0 Å². The molecule has 1 heterocycles. The third-order valence-corrected chi connectivity index (χ3v) is 3.23. The van der Waals surface area contributed by atoms with E-state index in [0.29, 0.717) is 17.8 Å². The van der Waals surface area contributed by atoms with Gasteiger partial charge in [0.2, 0.25) is 11.8 Å². The Labute approximate surface area is 121 Å². The molecule has 1 aliphatic rings. The Kier molecular flexibility index (Phi) is 4.54. The minimum atomic E-state index is -0.369. The van der Waals surface area contributed by atoms with Gasteiger partial charge in [0.25, 0.3) is 0 Å². The Balaban J connectivity index is 2.14. The van der Waals surface area contributed by atoms with Crippen molar-refractivity contribution in [2.24, 2.45) is 5.73 Å². The number of anilines is 2. The largest absolute Gasteiger partial charge is 0.469 e. The predicted molar refractivity (Wildman–Crippen MR) is 76.5 cm³/mol. The fraction of sp³-hybridized carbons (Fsp3) is 0.357. The molecule has 2 rings (SSSR count). The Morgan fingerprint density at radius 2 is 1.95 bits per heavy atom. The summed E-state index contributed by atoms with van der Waals surface area (Å²) >= 11 is 0. The summed E-state index contributed by atoms with van der Waals surface area (Å²) in [5.41, 5.74) is 7.84. The molecule has 0 aliphatic carbocycles. The Bertz CT molecular complexity index is 586. The van der Waals surface area contributed by atoms with Crippen LogP contribution in [0.2, 0.25) is 0 Å². The van der Waals surface area contributed by atoms with Crippen LogP contribution in [0.1, 0.15) is 30.9 Å². The number of nitrogens with one attached hydrogen (secondary N) is 2. The number of ether oxygens (including phenoxy) is 1. The second-order valence-electron chi connectivity index (χ2n) is 4.80. The summed E-state index contributed by atoms with van der Waals surface area (Å²) in [6.07, 6.45) is 0.446. The number of benzene rings is 1. The van der Waals surface area contributed by atoms with Crippen molar-refractivity contribution >= 4 is 29.2 Å². The molecular weight excluding hydrogens is 274 g/mol. The second kappa shape index (κ2) is 6.36. The van der Waals surface area contributed by atoms with Crippen molar-refractivity contribution in [1.82, 2.24) is 0 Å². The van der Waals surface area contributed by atoms with Crippen LogP contribution in [0, 0.1) is 0 Å². The minimum absolute atomic E-state index is 0.210. The van der Waals surface area contributed by atoms with Gasteiger partial charge in [-0.25, -0.2) is 0 Å². The quantitative estimate of drug-likeness (QED) is 0.564. The van der Waals surface area contributed by atoms with Crippen LogP contribution in [0.3, 0.4) is 0 Å². The summed E-state index contributed by atoms with van der Waals surface area (Å²) in [5, 5.41) is 5.30. The number of amides is 2. The molecule has 0 saturated carbocycles. The normalized spacial score (nSPS) is 15.3. The van der Waals surface area contributed by atoms with Gasteiger partial charge in [0.15, 0.2) is 0 Å². The summed E-state index contributed by atoms with van der Waals surface area (Å²) < 4.78 is 4.57. The number of carbonyl (C=O) groups is 3. The average Bonchev–Trinajstić information content (AvgIpc) is 2.59. The first-order valence-electron chi connectivity index (χ1n) is 6.55. The van der Waals surface area contributed by atoms with Crippen LogP contribution in [-0.4, -0.2) is 24.9 Å². The van der Waals surface area contributed by atoms with Crippen LogP contribution in [0.15, 0.2) is 18.2 Å². The number of hydrogen-bond acceptors (Lipinski definition) is 5. The van der Waals surface area contributed by atoms with Crippen molar-refractivity contribution in [3.8, 4) is 0 Å². The highest BCUT2D eigenvalue weighted by molar-refractivity contribution is 6.13. The van der Waals surface area contributed by atoms with Crippen LogP contribution < -0.4 is 16.4 Å². The van der Waals surface area contributed by atoms with Gasteiger partial charge in [-0.15, -0.1) is 0 Å². The summed E-state index contributed by atoms with van der Waals surface area (Å²) in [6.45, 7) is 0. The Morgan fingerprint density at radius 3 is 2.62 bits per heavy atom. The first-order chi connectivity index (χ1) is 9.99. The van der Waals surface area contributed by atoms with Gasteiger partial charge >= 0.3 is 5.97 Å². The molecular formula is C14H17N3O4. The van der Waals surface area contributed by atoms with Gasteiger partial charge in [-0.1, -0.05) is 6.07 Å². The van der Waals surface area contributed by atoms with Crippen LogP contribution in [0.4, 0.5) is 11.4 Å². The maximum Gasteiger partial charge on any atom is 0.305 e. The first-order valence-corrected chi connectivity index (χ1v) is 6.55. The van der Waals surface area contributed by atoms with E-state index in [9.17, 15) is 14.4 Å². The SMILES string of the molecule is COC(=O)CCC(N)c1ccc2c(c1)NC(=O)CC(=O)N2. The van der Waals surface area contributed by atoms with Crippen molar-refractivity contribution < 1.29 is 19.1 Å². The molecule has 1 aliphatic heterocycles. The molecule has 4 N–H and O–H groups in total. The number of hydrogen-bond donors (Lipinski definition) is 3. The van der Waals surface area contributed by atoms with Crippen molar-refractivity contribution in [3.05, 3.63) is 23.8 Å². The summed E-state index contributed by atoms with van der Waals surface area (Å²) in [7, 11) is 1.33. The van der Waals surface area contributed by atoms with E-state index in [-0.39, 0.29) is 36.7 Å². The summed E-state index contributed by atoms with van der Waals surface area (Å²) in [4.78, 5) is 34.1. The molecule has 7 heteroatoms. The lowest BCUT2D eigenvalue weighted by atomic mass is 10.0. The highest BCUT2D eigenvalue weighted by atomic mass is 16.5. The van der Waals surface area contributed by atoms with Crippen LogP contribution in [-0.2, 0) is 19.1 Å². The number of fused-ring (bicyclic) bond motifs is 1. The van der Waals surface area contributed by atoms with Crippen LogP contribution in [0.25, 0.3) is 0 Å². The molecule has 1 unspecified atom stereocenters. The molecule has 21 heavy (non-hydrogen) atoms. The Morgan fingerprint density at radius 1 is 1.29 bits per heavy atom. The highest BCUT2D eigenvalue weighted by Gasteiger charge is 2.19. The van der Waals surface area contributed by atoms with E-state index >= 15 is 0 Å². The molecule has 112 valence electrons. The number of esters is 1. The van der Waals surface area contributed by atoms with Gasteiger partial charge in [0.05, 0.1) is 18.5 Å². The average molecular weight is 291 g/mol. The van der Waals surface area contributed by atoms with E-state index in [0.717, 1.165) is 5.56 Å². The van der Waals surface area contributed by atoms with Gasteiger partial charge in [0, 0.05) is 12.5 Å². The third kappa shape index (κ3) is 3.79. The molecule has 0 spiro atoms. The smallest absolute Gasteiger partial charge is 0.305 e. The highest BCUT2D eigenvalue weighted by Crippen LogP contribution is 2.28. The molecule has 1 aromatic carbocycles. The zero-order valence-corrected chi connectivity index (χ0v) is 11.6. The lowest BCUT2D eigenvalue weighted by Crippen LogP contribution is -2.16. The molecule has 0 bridgehead atoms. The summed E-state index contributed by atoms with van der Waals surface area (Å²) in [5.74, 6) is -1.04. The van der Waals surface area contributed by atoms with Crippen LogP contribution >= 0.6 is 0 Å². The lowest BCUT2D eigenvalue weighted by Gasteiger charge is -2.14. The molecule has 0 aromatic heterocycles. The van der Waals surface area contributed by atoms with Gasteiger partial charge in [0.1, 0.15) is 6.42 Å². The standard InChI is InChI=1S/C14H17N3O4/c1-21-14(20)5-3-9(15)8-2-4-10-11(6-8)17-13(19)7-12(18)16-10/h2,4,6,9H,3,5,7,15H2,1H3,(H,16,18)(H,17,19). The van der Waals surface area contributed by atoms with Crippen molar-refractivity contribution in [1.29, 1.82) is 0 Å². The maximum absolute atomic E-state index is 11.5. The number of carbonyl (C=O) groups excluding carboxylic acids is 3. The Hall–Kier alpha value is -2.41. The fourth-order valence-electron chi connectivity index (χ4n) is 2.08.